The van der Waals surface area contributed by atoms with Crippen molar-refractivity contribution in [2.24, 2.45) is 0 Å². The predicted molar refractivity (Wildman–Crippen MR) is 127 cm³/mol. The molecule has 1 N–H and O–H groups in total. The molecular formula is C22H22ClIN2O5. The van der Waals surface area contributed by atoms with Gasteiger partial charge in [-0.1, -0.05) is 17.7 Å². The maximum Gasteiger partial charge on any atom is 0.270 e. The van der Waals surface area contributed by atoms with Crippen molar-refractivity contribution in [3.63, 3.8) is 0 Å². The van der Waals surface area contributed by atoms with E-state index >= 15 is 0 Å². The zero-order valence-electron chi connectivity index (χ0n) is 17.1. The van der Waals surface area contributed by atoms with Gasteiger partial charge in [0.25, 0.3) is 11.8 Å². The minimum absolute atomic E-state index is 0.133. The number of carbonyl (C=O) groups excluding carboxylic acids is 2. The summed E-state index contributed by atoms with van der Waals surface area (Å²) in [5.74, 6) is 0.321. The summed E-state index contributed by atoms with van der Waals surface area (Å²) in [5.41, 5.74) is 1.10. The molecule has 3 rings (SSSR count). The largest absolute Gasteiger partial charge is 0.493 e. The molecule has 31 heavy (non-hydrogen) atoms. The smallest absolute Gasteiger partial charge is 0.270 e. The van der Waals surface area contributed by atoms with Crippen LogP contribution < -0.4 is 14.8 Å². The monoisotopic (exact) mass is 556 g/mol. The van der Waals surface area contributed by atoms with Crippen LogP contribution in [0, 0.1) is 3.57 Å². The van der Waals surface area contributed by atoms with E-state index in [9.17, 15) is 9.59 Å². The maximum atomic E-state index is 13.2. The molecule has 0 bridgehead atoms. The third-order valence-electron chi connectivity index (χ3n) is 4.67. The first-order valence-electron chi connectivity index (χ1n) is 9.50. The van der Waals surface area contributed by atoms with Crippen molar-refractivity contribution in [2.45, 2.75) is 0 Å². The van der Waals surface area contributed by atoms with E-state index < -0.39 is 5.91 Å². The van der Waals surface area contributed by atoms with Gasteiger partial charge in [0.1, 0.15) is 5.70 Å². The Morgan fingerprint density at radius 1 is 1.10 bits per heavy atom. The summed E-state index contributed by atoms with van der Waals surface area (Å²) in [5, 5.41) is 3.05. The SMILES string of the molecule is COc1ccc(/C=C(\NC(=O)c2cc(I)ccc2Cl)C(=O)N2CCOCC2)cc1OC. The highest BCUT2D eigenvalue weighted by molar-refractivity contribution is 14.1. The van der Waals surface area contributed by atoms with Crippen LogP contribution in [0.4, 0.5) is 0 Å². The highest BCUT2D eigenvalue weighted by Crippen LogP contribution is 2.28. The summed E-state index contributed by atoms with van der Waals surface area (Å²) >= 11 is 8.31. The average Bonchev–Trinajstić information content (AvgIpc) is 2.80. The molecule has 1 saturated heterocycles. The van der Waals surface area contributed by atoms with Gasteiger partial charge in [0.15, 0.2) is 11.5 Å². The predicted octanol–water partition coefficient (Wildman–Crippen LogP) is 3.59. The second-order valence-electron chi connectivity index (χ2n) is 6.66. The molecule has 0 saturated carbocycles. The van der Waals surface area contributed by atoms with Crippen LogP contribution in [0.5, 0.6) is 11.5 Å². The number of amides is 2. The molecular weight excluding hydrogens is 535 g/mol. The van der Waals surface area contributed by atoms with E-state index in [4.69, 9.17) is 25.8 Å². The number of nitrogens with one attached hydrogen (secondary N) is 1. The fourth-order valence-corrected chi connectivity index (χ4v) is 3.75. The third-order valence-corrected chi connectivity index (χ3v) is 5.67. The van der Waals surface area contributed by atoms with Crippen LogP contribution in [0.15, 0.2) is 42.1 Å². The molecule has 0 spiro atoms. The molecule has 0 unspecified atom stereocenters. The van der Waals surface area contributed by atoms with Crippen LogP contribution in [0.2, 0.25) is 5.02 Å². The first-order chi connectivity index (χ1) is 14.9. The fourth-order valence-electron chi connectivity index (χ4n) is 3.06. The lowest BCUT2D eigenvalue weighted by molar-refractivity contribution is -0.131. The Hall–Kier alpha value is -2.30. The summed E-state index contributed by atoms with van der Waals surface area (Å²) in [6, 6.07) is 10.4. The topological polar surface area (TPSA) is 77.1 Å². The number of rotatable bonds is 6. The molecule has 0 radical (unpaired) electrons. The lowest BCUT2D eigenvalue weighted by atomic mass is 10.1. The Bertz CT molecular complexity index is 1010. The highest BCUT2D eigenvalue weighted by atomic mass is 127. The number of hydrogen-bond acceptors (Lipinski definition) is 5. The Labute approximate surface area is 199 Å². The normalized spacial score (nSPS) is 14.2. The minimum Gasteiger partial charge on any atom is -0.493 e. The van der Waals surface area contributed by atoms with Gasteiger partial charge in [0, 0.05) is 16.7 Å². The molecule has 164 valence electrons. The lowest BCUT2D eigenvalue weighted by Crippen LogP contribution is -2.44. The molecule has 7 nitrogen and oxygen atoms in total. The fraction of sp³-hybridized carbons (Fsp3) is 0.273. The first kappa shape index (κ1) is 23.4. The van der Waals surface area contributed by atoms with Crippen molar-refractivity contribution in [1.82, 2.24) is 10.2 Å². The molecule has 1 aliphatic rings. The number of halogens is 2. The number of methoxy groups -OCH3 is 2. The van der Waals surface area contributed by atoms with Gasteiger partial charge in [-0.05, 0) is 64.6 Å². The molecule has 1 fully saturated rings. The van der Waals surface area contributed by atoms with E-state index in [0.29, 0.717) is 54.0 Å². The van der Waals surface area contributed by atoms with Gasteiger partial charge in [-0.15, -0.1) is 0 Å². The van der Waals surface area contributed by atoms with Crippen molar-refractivity contribution in [3.05, 3.63) is 61.8 Å². The van der Waals surface area contributed by atoms with Crippen LogP contribution in [0.3, 0.4) is 0 Å². The van der Waals surface area contributed by atoms with Crippen molar-refractivity contribution in [1.29, 1.82) is 0 Å². The zero-order valence-corrected chi connectivity index (χ0v) is 20.0. The van der Waals surface area contributed by atoms with E-state index in [-0.39, 0.29) is 11.6 Å². The van der Waals surface area contributed by atoms with Gasteiger partial charge >= 0.3 is 0 Å². The van der Waals surface area contributed by atoms with Gasteiger partial charge in [0.05, 0.1) is 38.0 Å². The Kier molecular flexibility index (Phi) is 8.16. The molecule has 1 aliphatic heterocycles. The van der Waals surface area contributed by atoms with Gasteiger partial charge in [-0.3, -0.25) is 9.59 Å². The zero-order chi connectivity index (χ0) is 22.4. The summed E-state index contributed by atoms with van der Waals surface area (Å²) in [4.78, 5) is 27.8. The number of ether oxygens (including phenoxy) is 3. The highest BCUT2D eigenvalue weighted by Gasteiger charge is 2.23. The Morgan fingerprint density at radius 2 is 1.81 bits per heavy atom. The number of carbonyl (C=O) groups is 2. The third kappa shape index (κ3) is 5.90. The molecule has 0 aromatic heterocycles. The van der Waals surface area contributed by atoms with E-state index in [2.05, 4.69) is 27.9 Å². The van der Waals surface area contributed by atoms with Crippen LogP contribution in [0.1, 0.15) is 15.9 Å². The lowest BCUT2D eigenvalue weighted by Gasteiger charge is -2.28. The number of nitrogens with zero attached hydrogens (tertiary/aromatic N) is 1. The average molecular weight is 557 g/mol. The Balaban J connectivity index is 1.96. The van der Waals surface area contributed by atoms with Crippen molar-refractivity contribution in [3.8, 4) is 11.5 Å². The molecule has 2 aromatic carbocycles. The summed E-state index contributed by atoms with van der Waals surface area (Å²) in [6.07, 6.45) is 1.61. The number of hydrogen-bond donors (Lipinski definition) is 1. The van der Waals surface area contributed by atoms with Gasteiger partial charge < -0.3 is 24.4 Å². The van der Waals surface area contributed by atoms with Gasteiger partial charge in [-0.2, -0.15) is 0 Å². The van der Waals surface area contributed by atoms with Crippen LogP contribution >= 0.6 is 34.2 Å². The van der Waals surface area contributed by atoms with Crippen molar-refractivity contribution in [2.75, 3.05) is 40.5 Å². The maximum absolute atomic E-state index is 13.2. The van der Waals surface area contributed by atoms with Crippen LogP contribution in [-0.2, 0) is 9.53 Å². The second-order valence-corrected chi connectivity index (χ2v) is 8.31. The summed E-state index contributed by atoms with van der Waals surface area (Å²) < 4.78 is 16.8. The minimum atomic E-state index is -0.461. The molecule has 0 aliphatic carbocycles. The quantitative estimate of drug-likeness (QED) is 0.435. The molecule has 9 heteroatoms. The number of morpholine rings is 1. The van der Waals surface area contributed by atoms with Crippen LogP contribution in [0.25, 0.3) is 6.08 Å². The molecule has 1 heterocycles. The first-order valence-corrected chi connectivity index (χ1v) is 11.0. The van der Waals surface area contributed by atoms with Gasteiger partial charge in [0.2, 0.25) is 0 Å². The van der Waals surface area contributed by atoms with Crippen LogP contribution in [-0.4, -0.2) is 57.2 Å². The Morgan fingerprint density at radius 3 is 2.48 bits per heavy atom. The van der Waals surface area contributed by atoms with E-state index in [1.54, 1.807) is 54.5 Å². The van der Waals surface area contributed by atoms with Crippen molar-refractivity contribution >= 4 is 52.1 Å². The summed E-state index contributed by atoms with van der Waals surface area (Å²) in [6.45, 7) is 1.79. The molecule has 2 aromatic rings. The van der Waals surface area contributed by atoms with E-state index in [1.165, 1.54) is 7.11 Å². The van der Waals surface area contributed by atoms with Crippen molar-refractivity contribution < 1.29 is 23.8 Å². The van der Waals surface area contributed by atoms with E-state index in [1.807, 2.05) is 0 Å². The number of benzene rings is 2. The van der Waals surface area contributed by atoms with E-state index in [0.717, 1.165) is 3.57 Å². The van der Waals surface area contributed by atoms with Gasteiger partial charge in [-0.25, -0.2) is 0 Å². The standard InChI is InChI=1S/C22H22ClIN2O5/c1-29-19-6-3-14(12-20(19)30-2)11-18(22(28)26-7-9-31-10-8-26)25-21(27)16-13-15(24)4-5-17(16)23/h3-6,11-13H,7-10H2,1-2H3,(H,25,27)/b18-11-. The second kappa shape index (κ2) is 10.8. The molecule has 2 amide bonds. The molecule has 0 atom stereocenters. The summed E-state index contributed by atoms with van der Waals surface area (Å²) in [7, 11) is 3.08.